The molecule has 1 rings (SSSR count). The summed E-state index contributed by atoms with van der Waals surface area (Å²) in [5, 5.41) is 0. The first-order chi connectivity index (χ1) is 8.30. The predicted octanol–water partition coefficient (Wildman–Crippen LogP) is 5.05. The maximum absolute atomic E-state index is 11.8. The fraction of sp³-hybridized carbons (Fsp3) is 0.812. The van der Waals surface area contributed by atoms with Crippen LogP contribution in [0, 0.1) is 5.92 Å². The van der Waals surface area contributed by atoms with Gasteiger partial charge in [-0.2, -0.15) is 0 Å². The maximum atomic E-state index is 11.8. The van der Waals surface area contributed by atoms with E-state index in [1.165, 1.54) is 51.4 Å². The summed E-state index contributed by atoms with van der Waals surface area (Å²) < 4.78 is 0. The molecule has 0 spiro atoms. The number of carbonyl (C=O) groups excluding carboxylic acids is 1. The average Bonchev–Trinajstić information content (AvgIpc) is 2.34. The van der Waals surface area contributed by atoms with Gasteiger partial charge in [-0.25, -0.2) is 0 Å². The van der Waals surface area contributed by atoms with Crippen molar-refractivity contribution >= 4 is 5.78 Å². The second kappa shape index (κ2) is 9.44. The predicted molar refractivity (Wildman–Crippen MR) is 74.1 cm³/mol. The van der Waals surface area contributed by atoms with Gasteiger partial charge in [-0.15, -0.1) is 0 Å². The fourth-order valence-electron chi connectivity index (χ4n) is 2.43. The maximum Gasteiger partial charge on any atom is 0.139 e. The van der Waals surface area contributed by atoms with E-state index in [9.17, 15) is 4.79 Å². The number of hydrogen-bond acceptors (Lipinski definition) is 1. The molecular formula is C16H28O. The van der Waals surface area contributed by atoms with Crippen LogP contribution in [-0.2, 0) is 4.79 Å². The van der Waals surface area contributed by atoms with Crippen LogP contribution in [0.5, 0.6) is 0 Å². The van der Waals surface area contributed by atoms with Gasteiger partial charge in [-0.05, 0) is 19.3 Å². The summed E-state index contributed by atoms with van der Waals surface area (Å²) in [5.74, 6) is 0.566. The van der Waals surface area contributed by atoms with Crippen LogP contribution in [0.4, 0.5) is 0 Å². The largest absolute Gasteiger partial charge is 0.299 e. The van der Waals surface area contributed by atoms with E-state index in [-0.39, 0.29) is 5.92 Å². The van der Waals surface area contributed by atoms with Crippen LogP contribution in [0.3, 0.4) is 0 Å². The van der Waals surface area contributed by atoms with Gasteiger partial charge in [0.15, 0.2) is 0 Å². The van der Waals surface area contributed by atoms with Gasteiger partial charge in [-0.1, -0.05) is 64.0 Å². The average molecular weight is 236 g/mol. The summed E-state index contributed by atoms with van der Waals surface area (Å²) in [6.07, 6.45) is 18.1. The van der Waals surface area contributed by atoms with Gasteiger partial charge in [0.1, 0.15) is 5.78 Å². The van der Waals surface area contributed by atoms with Crippen molar-refractivity contribution in [2.24, 2.45) is 5.92 Å². The molecule has 0 heterocycles. The molecule has 1 heteroatoms. The standard InChI is InChI=1S/C16H28O/c1-15-13-11-9-7-5-3-2-4-6-8-10-12-14-16(15)17/h11,13,15H,2-10,12,14H2,1H3. The Morgan fingerprint density at radius 2 is 1.41 bits per heavy atom. The molecule has 1 unspecified atom stereocenters. The third kappa shape index (κ3) is 7.36. The van der Waals surface area contributed by atoms with Gasteiger partial charge in [-0.3, -0.25) is 4.79 Å². The van der Waals surface area contributed by atoms with Crippen molar-refractivity contribution in [2.45, 2.75) is 77.6 Å². The molecule has 0 aromatic heterocycles. The van der Waals surface area contributed by atoms with Crippen LogP contribution in [0.2, 0.25) is 0 Å². The Morgan fingerprint density at radius 3 is 2.06 bits per heavy atom. The molecule has 0 bridgehead atoms. The summed E-state index contributed by atoms with van der Waals surface area (Å²) in [5.41, 5.74) is 0. The SMILES string of the molecule is CC1C=CCCCCCCCCCCCC1=O. The molecule has 1 nitrogen and oxygen atoms in total. The van der Waals surface area contributed by atoms with Gasteiger partial charge >= 0.3 is 0 Å². The zero-order chi connectivity index (χ0) is 12.3. The first kappa shape index (κ1) is 14.5. The van der Waals surface area contributed by atoms with Crippen LogP contribution in [0.15, 0.2) is 12.2 Å². The quantitative estimate of drug-likeness (QED) is 0.538. The van der Waals surface area contributed by atoms with E-state index in [2.05, 4.69) is 12.2 Å². The lowest BCUT2D eigenvalue weighted by molar-refractivity contribution is -0.121. The lowest BCUT2D eigenvalue weighted by Gasteiger charge is -2.05. The minimum Gasteiger partial charge on any atom is -0.299 e. The number of rotatable bonds is 0. The van der Waals surface area contributed by atoms with Gasteiger partial charge in [0, 0.05) is 12.3 Å². The summed E-state index contributed by atoms with van der Waals surface area (Å²) in [4.78, 5) is 11.8. The molecule has 17 heavy (non-hydrogen) atoms. The molecule has 1 aliphatic rings. The number of ketones is 1. The second-order valence-electron chi connectivity index (χ2n) is 5.40. The highest BCUT2D eigenvalue weighted by Gasteiger charge is 2.08. The summed E-state index contributed by atoms with van der Waals surface area (Å²) in [7, 11) is 0. The first-order valence-electron chi connectivity index (χ1n) is 7.50. The highest BCUT2D eigenvalue weighted by molar-refractivity contribution is 5.82. The Balaban J connectivity index is 2.32. The zero-order valence-corrected chi connectivity index (χ0v) is 11.4. The fourth-order valence-corrected chi connectivity index (χ4v) is 2.43. The van der Waals surface area contributed by atoms with Crippen LogP contribution < -0.4 is 0 Å². The number of hydrogen-bond donors (Lipinski definition) is 0. The molecule has 0 amide bonds. The van der Waals surface area contributed by atoms with Crippen LogP contribution in [0.25, 0.3) is 0 Å². The van der Waals surface area contributed by atoms with Gasteiger partial charge in [0.2, 0.25) is 0 Å². The molecule has 0 saturated carbocycles. The zero-order valence-electron chi connectivity index (χ0n) is 11.4. The monoisotopic (exact) mass is 236 g/mol. The van der Waals surface area contributed by atoms with E-state index in [0.29, 0.717) is 5.78 Å². The minimum atomic E-state index is 0.139. The minimum absolute atomic E-state index is 0.139. The van der Waals surface area contributed by atoms with Crippen molar-refractivity contribution in [3.05, 3.63) is 12.2 Å². The molecule has 98 valence electrons. The normalized spacial score (nSPS) is 26.2. The number of carbonyl (C=O) groups is 1. The van der Waals surface area contributed by atoms with Crippen molar-refractivity contribution < 1.29 is 4.79 Å². The number of allylic oxidation sites excluding steroid dienone is 2. The summed E-state index contributed by atoms with van der Waals surface area (Å²) in [6.45, 7) is 2.04. The van der Waals surface area contributed by atoms with Crippen molar-refractivity contribution in [2.75, 3.05) is 0 Å². The Kier molecular flexibility index (Phi) is 8.04. The first-order valence-corrected chi connectivity index (χ1v) is 7.50. The smallest absolute Gasteiger partial charge is 0.139 e. The van der Waals surface area contributed by atoms with Crippen LogP contribution in [0.1, 0.15) is 77.6 Å². The molecule has 1 aliphatic carbocycles. The Morgan fingerprint density at radius 1 is 0.882 bits per heavy atom. The molecule has 0 N–H and O–H groups in total. The third-order valence-electron chi connectivity index (χ3n) is 3.73. The Bertz CT molecular complexity index is 230. The lowest BCUT2D eigenvalue weighted by atomic mass is 9.99. The van der Waals surface area contributed by atoms with Gasteiger partial charge in [0.25, 0.3) is 0 Å². The Labute approximate surface area is 107 Å². The Hall–Kier alpha value is -0.590. The summed E-state index contributed by atoms with van der Waals surface area (Å²) >= 11 is 0. The highest BCUT2D eigenvalue weighted by Crippen LogP contribution is 2.14. The van der Waals surface area contributed by atoms with E-state index in [4.69, 9.17) is 0 Å². The number of Topliss-reactive ketones (excluding diaryl/α,β-unsaturated/α-hetero) is 1. The van der Waals surface area contributed by atoms with E-state index < -0.39 is 0 Å². The molecule has 0 saturated heterocycles. The van der Waals surface area contributed by atoms with E-state index >= 15 is 0 Å². The molecule has 0 radical (unpaired) electrons. The topological polar surface area (TPSA) is 17.1 Å². The molecule has 0 aromatic rings. The van der Waals surface area contributed by atoms with Crippen molar-refractivity contribution in [1.82, 2.24) is 0 Å². The molecule has 0 fully saturated rings. The molecule has 0 aliphatic heterocycles. The lowest BCUT2D eigenvalue weighted by Crippen LogP contribution is -2.07. The van der Waals surface area contributed by atoms with E-state index in [0.717, 1.165) is 19.3 Å². The van der Waals surface area contributed by atoms with Crippen molar-refractivity contribution in [3.8, 4) is 0 Å². The molecule has 1 atom stereocenters. The van der Waals surface area contributed by atoms with Crippen LogP contribution >= 0.6 is 0 Å². The van der Waals surface area contributed by atoms with E-state index in [1.807, 2.05) is 6.92 Å². The van der Waals surface area contributed by atoms with Crippen molar-refractivity contribution in [3.63, 3.8) is 0 Å². The molecular weight excluding hydrogens is 208 g/mol. The van der Waals surface area contributed by atoms with E-state index in [1.54, 1.807) is 0 Å². The van der Waals surface area contributed by atoms with Crippen molar-refractivity contribution in [1.29, 1.82) is 0 Å². The van der Waals surface area contributed by atoms with Gasteiger partial charge < -0.3 is 0 Å². The van der Waals surface area contributed by atoms with Crippen LogP contribution in [-0.4, -0.2) is 5.78 Å². The summed E-state index contributed by atoms with van der Waals surface area (Å²) in [6, 6.07) is 0. The second-order valence-corrected chi connectivity index (χ2v) is 5.40. The third-order valence-corrected chi connectivity index (χ3v) is 3.73. The molecule has 0 aromatic carbocycles. The van der Waals surface area contributed by atoms with Gasteiger partial charge in [0.05, 0.1) is 0 Å². The highest BCUT2D eigenvalue weighted by atomic mass is 16.1.